The molecule has 1 aliphatic heterocycles. The van der Waals surface area contributed by atoms with E-state index in [9.17, 15) is 19.7 Å². The van der Waals surface area contributed by atoms with E-state index in [-0.39, 0.29) is 17.5 Å². The molecule has 1 heterocycles. The van der Waals surface area contributed by atoms with Crippen molar-refractivity contribution in [2.24, 2.45) is 0 Å². The van der Waals surface area contributed by atoms with Crippen LogP contribution in [0.3, 0.4) is 0 Å². The molecular weight excluding hydrogens is 334 g/mol. The monoisotopic (exact) mass is 353 g/mol. The Morgan fingerprint density at radius 2 is 2.00 bits per heavy atom. The van der Waals surface area contributed by atoms with Crippen LogP contribution in [0.25, 0.3) is 0 Å². The first-order chi connectivity index (χ1) is 12.4. The standard InChI is InChI=1S/C19H19N3O4/c1-3-21-17-8-6-15(11-13(17)5-9-18(21)23)20-19(24)14-4-7-16(22(25)26)12(2)10-14/h4,6-8,10-11H,3,5,9H2,1-2H3,(H,20,24). The Balaban J connectivity index is 1.81. The first-order valence-electron chi connectivity index (χ1n) is 8.40. The van der Waals surface area contributed by atoms with Gasteiger partial charge < -0.3 is 10.2 Å². The minimum Gasteiger partial charge on any atom is -0.322 e. The number of nitro groups is 1. The van der Waals surface area contributed by atoms with Crippen molar-refractivity contribution >= 4 is 28.9 Å². The molecule has 0 bridgehead atoms. The minimum absolute atomic E-state index is 0.0142. The van der Waals surface area contributed by atoms with Gasteiger partial charge in [-0.2, -0.15) is 0 Å². The van der Waals surface area contributed by atoms with Crippen LogP contribution in [-0.4, -0.2) is 23.3 Å². The van der Waals surface area contributed by atoms with Gasteiger partial charge >= 0.3 is 0 Å². The van der Waals surface area contributed by atoms with Crippen molar-refractivity contribution in [1.29, 1.82) is 0 Å². The Morgan fingerprint density at radius 1 is 1.23 bits per heavy atom. The van der Waals surface area contributed by atoms with Crippen molar-refractivity contribution in [3.63, 3.8) is 0 Å². The van der Waals surface area contributed by atoms with Gasteiger partial charge in [-0.3, -0.25) is 19.7 Å². The number of benzene rings is 2. The number of nitro benzene ring substituents is 1. The first-order valence-corrected chi connectivity index (χ1v) is 8.40. The molecule has 0 spiro atoms. The molecule has 3 rings (SSSR count). The summed E-state index contributed by atoms with van der Waals surface area (Å²) in [6.07, 6.45) is 1.10. The number of aryl methyl sites for hydroxylation is 2. The van der Waals surface area contributed by atoms with Crippen LogP contribution in [0.5, 0.6) is 0 Å². The second-order valence-electron chi connectivity index (χ2n) is 6.19. The lowest BCUT2D eigenvalue weighted by molar-refractivity contribution is -0.385. The molecule has 0 unspecified atom stereocenters. The number of carbonyl (C=O) groups excluding carboxylic acids is 2. The van der Waals surface area contributed by atoms with E-state index >= 15 is 0 Å². The quantitative estimate of drug-likeness (QED) is 0.673. The highest BCUT2D eigenvalue weighted by Gasteiger charge is 2.23. The van der Waals surface area contributed by atoms with E-state index < -0.39 is 4.92 Å². The summed E-state index contributed by atoms with van der Waals surface area (Å²) in [6, 6.07) is 9.75. The number of anilines is 2. The average molecular weight is 353 g/mol. The number of nitrogens with zero attached hydrogens (tertiary/aromatic N) is 2. The highest BCUT2D eigenvalue weighted by Crippen LogP contribution is 2.30. The molecule has 2 aromatic carbocycles. The van der Waals surface area contributed by atoms with Gasteiger partial charge in [0.05, 0.1) is 4.92 Å². The molecule has 0 saturated carbocycles. The van der Waals surface area contributed by atoms with Gasteiger partial charge in [-0.1, -0.05) is 0 Å². The summed E-state index contributed by atoms with van der Waals surface area (Å²) >= 11 is 0. The SMILES string of the molecule is CCN1C(=O)CCc2cc(NC(=O)c3ccc([N+](=O)[O-])c(C)c3)ccc21. The highest BCUT2D eigenvalue weighted by molar-refractivity contribution is 6.05. The van der Waals surface area contributed by atoms with Crippen LogP contribution < -0.4 is 10.2 Å². The maximum Gasteiger partial charge on any atom is 0.272 e. The van der Waals surface area contributed by atoms with Gasteiger partial charge in [0.1, 0.15) is 0 Å². The number of nitrogens with one attached hydrogen (secondary N) is 1. The molecule has 0 radical (unpaired) electrons. The van der Waals surface area contributed by atoms with E-state index in [1.165, 1.54) is 18.2 Å². The molecule has 0 fully saturated rings. The summed E-state index contributed by atoms with van der Waals surface area (Å²) < 4.78 is 0. The maximum atomic E-state index is 12.4. The zero-order chi connectivity index (χ0) is 18.8. The Morgan fingerprint density at radius 3 is 2.65 bits per heavy atom. The van der Waals surface area contributed by atoms with Crippen molar-refractivity contribution < 1.29 is 14.5 Å². The molecule has 0 aliphatic carbocycles. The summed E-state index contributed by atoms with van der Waals surface area (Å²) in [6.45, 7) is 4.14. The Labute approximate surface area is 150 Å². The molecule has 7 nitrogen and oxygen atoms in total. The zero-order valence-corrected chi connectivity index (χ0v) is 14.6. The average Bonchev–Trinajstić information content (AvgIpc) is 2.61. The summed E-state index contributed by atoms with van der Waals surface area (Å²) in [5.74, 6) is -0.222. The van der Waals surface area contributed by atoms with Crippen LogP contribution >= 0.6 is 0 Å². The van der Waals surface area contributed by atoms with E-state index in [4.69, 9.17) is 0 Å². The predicted octanol–water partition coefficient (Wildman–Crippen LogP) is 3.45. The van der Waals surface area contributed by atoms with E-state index in [0.717, 1.165) is 11.3 Å². The number of amides is 2. The van der Waals surface area contributed by atoms with Crippen molar-refractivity contribution in [1.82, 2.24) is 0 Å². The van der Waals surface area contributed by atoms with E-state index in [1.807, 2.05) is 19.1 Å². The molecule has 2 amide bonds. The normalized spacial score (nSPS) is 13.3. The van der Waals surface area contributed by atoms with Gasteiger partial charge in [0.15, 0.2) is 0 Å². The van der Waals surface area contributed by atoms with Crippen molar-refractivity contribution in [2.45, 2.75) is 26.7 Å². The van der Waals surface area contributed by atoms with Crippen molar-refractivity contribution in [2.75, 3.05) is 16.8 Å². The third kappa shape index (κ3) is 3.28. The largest absolute Gasteiger partial charge is 0.322 e. The van der Waals surface area contributed by atoms with Crippen LogP contribution in [0.2, 0.25) is 0 Å². The molecule has 1 aliphatic rings. The van der Waals surface area contributed by atoms with E-state index in [0.29, 0.717) is 36.2 Å². The lowest BCUT2D eigenvalue weighted by Crippen LogP contribution is -2.34. The van der Waals surface area contributed by atoms with Gasteiger partial charge in [-0.25, -0.2) is 0 Å². The Hall–Kier alpha value is -3.22. The van der Waals surface area contributed by atoms with Crippen LogP contribution in [-0.2, 0) is 11.2 Å². The smallest absolute Gasteiger partial charge is 0.272 e. The summed E-state index contributed by atoms with van der Waals surface area (Å²) in [7, 11) is 0. The van der Waals surface area contributed by atoms with Crippen molar-refractivity contribution in [3.8, 4) is 0 Å². The molecule has 0 atom stereocenters. The molecular formula is C19H19N3O4. The predicted molar refractivity (Wildman–Crippen MR) is 98.6 cm³/mol. The molecule has 1 N–H and O–H groups in total. The maximum absolute atomic E-state index is 12.4. The summed E-state index contributed by atoms with van der Waals surface area (Å²) in [5, 5.41) is 13.7. The van der Waals surface area contributed by atoms with Crippen LogP contribution in [0.15, 0.2) is 36.4 Å². The Kier molecular flexibility index (Phi) is 4.71. The number of carbonyl (C=O) groups is 2. The van der Waals surface area contributed by atoms with E-state index in [1.54, 1.807) is 17.9 Å². The molecule has 7 heteroatoms. The molecule has 0 saturated heterocycles. The van der Waals surface area contributed by atoms with Gasteiger partial charge in [-0.15, -0.1) is 0 Å². The number of fused-ring (bicyclic) bond motifs is 1. The number of hydrogen-bond donors (Lipinski definition) is 1. The fourth-order valence-electron chi connectivity index (χ4n) is 3.19. The van der Waals surface area contributed by atoms with Crippen molar-refractivity contribution in [3.05, 3.63) is 63.2 Å². The number of rotatable bonds is 4. The molecule has 134 valence electrons. The van der Waals surface area contributed by atoms with Gasteiger partial charge in [0.2, 0.25) is 5.91 Å². The van der Waals surface area contributed by atoms with E-state index in [2.05, 4.69) is 5.32 Å². The zero-order valence-electron chi connectivity index (χ0n) is 14.6. The molecule has 2 aromatic rings. The van der Waals surface area contributed by atoms with Crippen LogP contribution in [0.4, 0.5) is 17.1 Å². The molecule has 0 aromatic heterocycles. The second-order valence-corrected chi connectivity index (χ2v) is 6.19. The van der Waals surface area contributed by atoms with Crippen LogP contribution in [0, 0.1) is 17.0 Å². The Bertz CT molecular complexity index is 908. The van der Waals surface area contributed by atoms with Gasteiger partial charge in [-0.05, 0) is 56.2 Å². The topological polar surface area (TPSA) is 92.6 Å². The summed E-state index contributed by atoms with van der Waals surface area (Å²) in [4.78, 5) is 36.5. The third-order valence-corrected chi connectivity index (χ3v) is 4.51. The lowest BCUT2D eigenvalue weighted by atomic mass is 10.0. The second kappa shape index (κ2) is 6.95. The highest BCUT2D eigenvalue weighted by atomic mass is 16.6. The fraction of sp³-hybridized carbons (Fsp3) is 0.263. The first kappa shape index (κ1) is 17.6. The fourth-order valence-corrected chi connectivity index (χ4v) is 3.19. The minimum atomic E-state index is -0.471. The van der Waals surface area contributed by atoms with Crippen LogP contribution in [0.1, 0.15) is 34.8 Å². The lowest BCUT2D eigenvalue weighted by Gasteiger charge is -2.28. The molecule has 26 heavy (non-hydrogen) atoms. The van der Waals surface area contributed by atoms with Gasteiger partial charge in [0.25, 0.3) is 11.6 Å². The van der Waals surface area contributed by atoms with Gasteiger partial charge in [0, 0.05) is 41.5 Å². The number of hydrogen-bond acceptors (Lipinski definition) is 4. The third-order valence-electron chi connectivity index (χ3n) is 4.51. The summed E-state index contributed by atoms with van der Waals surface area (Å²) in [5.41, 5.74) is 3.31.